The van der Waals surface area contributed by atoms with E-state index >= 15 is 0 Å². The lowest BCUT2D eigenvalue weighted by atomic mass is 9.73. The molecule has 0 amide bonds. The minimum Gasteiger partial charge on any atom is -0.466 e. The van der Waals surface area contributed by atoms with Crippen molar-refractivity contribution in [3.8, 4) is 12.1 Å². The summed E-state index contributed by atoms with van der Waals surface area (Å²) in [6.45, 7) is 5.84. The molecule has 0 N–H and O–H groups in total. The van der Waals surface area contributed by atoms with Crippen LogP contribution >= 0.6 is 0 Å². The maximum atomic E-state index is 11.4. The molecule has 0 rings (SSSR count). The first-order chi connectivity index (χ1) is 8.06. The molecule has 1 unspecified atom stereocenters. The van der Waals surface area contributed by atoms with E-state index in [0.29, 0.717) is 13.0 Å². The van der Waals surface area contributed by atoms with Gasteiger partial charge in [0, 0.05) is 0 Å². The number of carbonyl (C=O) groups excluding carboxylic acids is 1. The van der Waals surface area contributed by atoms with E-state index in [4.69, 9.17) is 4.74 Å². The van der Waals surface area contributed by atoms with Crippen molar-refractivity contribution in [2.75, 3.05) is 6.61 Å². The van der Waals surface area contributed by atoms with Crippen LogP contribution in [0.25, 0.3) is 0 Å². The minimum absolute atomic E-state index is 0.124. The monoisotopic (exact) mass is 236 g/mol. The van der Waals surface area contributed by atoms with Crippen LogP contribution in [-0.2, 0) is 9.53 Å². The van der Waals surface area contributed by atoms with Crippen molar-refractivity contribution in [1.82, 2.24) is 0 Å². The third-order valence-corrected chi connectivity index (χ3v) is 2.94. The summed E-state index contributed by atoms with van der Waals surface area (Å²) in [5.41, 5.74) is -1.07. The lowest BCUT2D eigenvalue weighted by Gasteiger charge is -2.25. The first-order valence-electron chi connectivity index (χ1n) is 6.04. The van der Waals surface area contributed by atoms with Gasteiger partial charge in [0.25, 0.3) is 0 Å². The quantitative estimate of drug-likeness (QED) is 0.637. The number of hydrogen-bond acceptors (Lipinski definition) is 4. The van der Waals surface area contributed by atoms with Gasteiger partial charge in [-0.1, -0.05) is 26.7 Å². The second-order valence-electron chi connectivity index (χ2n) is 4.21. The molecule has 4 heteroatoms. The number of esters is 1. The maximum Gasteiger partial charge on any atom is 0.306 e. The Labute approximate surface area is 103 Å². The van der Waals surface area contributed by atoms with E-state index in [1.165, 1.54) is 0 Å². The molecule has 0 fully saturated rings. The van der Waals surface area contributed by atoms with Crippen LogP contribution < -0.4 is 0 Å². The Balaban J connectivity index is 4.66. The van der Waals surface area contributed by atoms with Gasteiger partial charge in [0.2, 0.25) is 0 Å². The standard InChI is InChI=1S/C13H20N2O2/c1-4-6-7-13(9-14,10-15)11(3)8-12(16)17-5-2/h11H,4-8H2,1-3H3. The molecule has 0 aromatic heterocycles. The Hall–Kier alpha value is -1.55. The Morgan fingerprint density at radius 1 is 1.35 bits per heavy atom. The van der Waals surface area contributed by atoms with Crippen LogP contribution in [0.2, 0.25) is 0 Å². The summed E-state index contributed by atoms with van der Waals surface area (Å²) in [7, 11) is 0. The van der Waals surface area contributed by atoms with Gasteiger partial charge in [-0.15, -0.1) is 0 Å². The van der Waals surface area contributed by atoms with Crippen molar-refractivity contribution >= 4 is 5.97 Å². The highest BCUT2D eigenvalue weighted by atomic mass is 16.5. The van der Waals surface area contributed by atoms with Gasteiger partial charge >= 0.3 is 5.97 Å². The minimum atomic E-state index is -1.07. The van der Waals surface area contributed by atoms with Crippen LogP contribution in [0, 0.1) is 34.0 Å². The van der Waals surface area contributed by atoms with Crippen molar-refractivity contribution in [3.63, 3.8) is 0 Å². The third kappa shape index (κ3) is 4.44. The van der Waals surface area contributed by atoms with Gasteiger partial charge in [0.15, 0.2) is 0 Å². The molecule has 0 saturated carbocycles. The lowest BCUT2D eigenvalue weighted by Crippen LogP contribution is -2.28. The van der Waals surface area contributed by atoms with Crippen molar-refractivity contribution in [3.05, 3.63) is 0 Å². The fraction of sp³-hybridized carbons (Fsp3) is 0.769. The molecule has 0 aliphatic heterocycles. The topological polar surface area (TPSA) is 73.9 Å². The summed E-state index contributed by atoms with van der Waals surface area (Å²) >= 11 is 0. The molecule has 4 nitrogen and oxygen atoms in total. The second kappa shape index (κ2) is 7.68. The summed E-state index contributed by atoms with van der Waals surface area (Å²) in [5.74, 6) is -0.644. The number of nitrogens with zero attached hydrogens (tertiary/aromatic N) is 2. The molecule has 0 aromatic rings. The normalized spacial score (nSPS) is 12.3. The molecule has 0 heterocycles. The predicted molar refractivity (Wildman–Crippen MR) is 63.6 cm³/mol. The third-order valence-electron chi connectivity index (χ3n) is 2.94. The highest BCUT2D eigenvalue weighted by Gasteiger charge is 2.37. The van der Waals surface area contributed by atoms with E-state index in [-0.39, 0.29) is 18.3 Å². The predicted octanol–water partition coefficient (Wildman–Crippen LogP) is 2.80. The molecule has 17 heavy (non-hydrogen) atoms. The molecule has 0 bridgehead atoms. The van der Waals surface area contributed by atoms with Gasteiger partial charge in [0.05, 0.1) is 25.2 Å². The molecule has 0 saturated heterocycles. The van der Waals surface area contributed by atoms with E-state index in [9.17, 15) is 15.3 Å². The highest BCUT2D eigenvalue weighted by Crippen LogP contribution is 2.34. The van der Waals surface area contributed by atoms with E-state index < -0.39 is 5.41 Å². The molecule has 1 atom stereocenters. The molecule has 0 aliphatic carbocycles. The number of unbranched alkanes of at least 4 members (excludes halogenated alkanes) is 1. The van der Waals surface area contributed by atoms with E-state index in [0.717, 1.165) is 12.8 Å². The Morgan fingerprint density at radius 2 is 1.94 bits per heavy atom. The zero-order valence-electron chi connectivity index (χ0n) is 10.8. The van der Waals surface area contributed by atoms with E-state index in [2.05, 4.69) is 12.1 Å². The number of hydrogen-bond donors (Lipinski definition) is 0. The highest BCUT2D eigenvalue weighted by molar-refractivity contribution is 5.69. The molecule has 94 valence electrons. The molecular formula is C13H20N2O2. The van der Waals surface area contributed by atoms with Crippen LogP contribution in [0.5, 0.6) is 0 Å². The van der Waals surface area contributed by atoms with E-state index in [1.54, 1.807) is 13.8 Å². The first kappa shape index (κ1) is 15.4. The van der Waals surface area contributed by atoms with Crippen molar-refractivity contribution < 1.29 is 9.53 Å². The molecular weight excluding hydrogens is 216 g/mol. The average Bonchev–Trinajstić information content (AvgIpc) is 2.31. The van der Waals surface area contributed by atoms with Gasteiger partial charge in [-0.25, -0.2) is 0 Å². The zero-order valence-corrected chi connectivity index (χ0v) is 10.8. The summed E-state index contributed by atoms with van der Waals surface area (Å²) in [6, 6.07) is 4.16. The smallest absolute Gasteiger partial charge is 0.306 e. The molecule has 0 aromatic carbocycles. The maximum absolute atomic E-state index is 11.4. The molecule has 0 spiro atoms. The fourth-order valence-corrected chi connectivity index (χ4v) is 1.70. The van der Waals surface area contributed by atoms with Crippen LogP contribution in [0.15, 0.2) is 0 Å². The number of rotatable bonds is 7. The zero-order chi connectivity index (χ0) is 13.3. The average molecular weight is 236 g/mol. The van der Waals surface area contributed by atoms with Gasteiger partial charge in [0.1, 0.15) is 5.41 Å². The van der Waals surface area contributed by atoms with Gasteiger partial charge in [-0.2, -0.15) is 10.5 Å². The Morgan fingerprint density at radius 3 is 2.35 bits per heavy atom. The Bertz CT molecular complexity index is 311. The summed E-state index contributed by atoms with van der Waals surface area (Å²) in [4.78, 5) is 11.4. The molecule has 0 aliphatic rings. The van der Waals surface area contributed by atoms with Crippen molar-refractivity contribution in [1.29, 1.82) is 10.5 Å². The van der Waals surface area contributed by atoms with Crippen LogP contribution in [0.4, 0.5) is 0 Å². The number of ether oxygens (including phenoxy) is 1. The van der Waals surface area contributed by atoms with Crippen molar-refractivity contribution in [2.24, 2.45) is 11.3 Å². The van der Waals surface area contributed by atoms with Gasteiger partial charge in [-0.05, 0) is 19.3 Å². The fourth-order valence-electron chi connectivity index (χ4n) is 1.70. The Kier molecular flexibility index (Phi) is 6.98. The van der Waals surface area contributed by atoms with Crippen LogP contribution in [-0.4, -0.2) is 12.6 Å². The van der Waals surface area contributed by atoms with E-state index in [1.807, 2.05) is 6.92 Å². The van der Waals surface area contributed by atoms with Gasteiger partial charge < -0.3 is 4.74 Å². The first-order valence-corrected chi connectivity index (χ1v) is 6.04. The molecule has 0 radical (unpaired) electrons. The largest absolute Gasteiger partial charge is 0.466 e. The van der Waals surface area contributed by atoms with Crippen LogP contribution in [0.3, 0.4) is 0 Å². The van der Waals surface area contributed by atoms with Crippen molar-refractivity contribution in [2.45, 2.75) is 46.5 Å². The van der Waals surface area contributed by atoms with Crippen LogP contribution in [0.1, 0.15) is 46.5 Å². The second-order valence-corrected chi connectivity index (χ2v) is 4.21. The number of carbonyl (C=O) groups is 1. The SMILES string of the molecule is CCCCC(C#N)(C#N)C(C)CC(=O)OCC. The summed E-state index contributed by atoms with van der Waals surface area (Å²) in [6.07, 6.45) is 2.38. The summed E-state index contributed by atoms with van der Waals surface area (Å²) < 4.78 is 4.84. The van der Waals surface area contributed by atoms with Gasteiger partial charge in [-0.3, -0.25) is 4.79 Å². The lowest BCUT2D eigenvalue weighted by molar-refractivity contribution is -0.144. The number of nitriles is 2. The summed E-state index contributed by atoms with van der Waals surface area (Å²) in [5, 5.41) is 18.4.